The van der Waals surface area contributed by atoms with Crippen LogP contribution in [0.2, 0.25) is 0 Å². The second-order valence-electron chi connectivity index (χ2n) is 10.6. The van der Waals surface area contributed by atoms with E-state index in [0.29, 0.717) is 29.9 Å². The van der Waals surface area contributed by atoms with Gasteiger partial charge >= 0.3 is 0 Å². The zero-order chi connectivity index (χ0) is 28.3. The molecule has 0 atom stereocenters. The van der Waals surface area contributed by atoms with Gasteiger partial charge in [-0.25, -0.2) is 0 Å². The molecule has 1 spiro atoms. The van der Waals surface area contributed by atoms with Crippen LogP contribution in [-0.2, 0) is 22.6 Å². The molecule has 0 aliphatic carbocycles. The summed E-state index contributed by atoms with van der Waals surface area (Å²) in [6.07, 6.45) is 1.89. The number of piperidine rings is 1. The Morgan fingerprint density at radius 3 is 2.30 bits per heavy atom. The van der Waals surface area contributed by atoms with Crippen molar-refractivity contribution in [3.63, 3.8) is 0 Å². The topological polar surface area (TPSA) is 78.5 Å². The van der Waals surface area contributed by atoms with Gasteiger partial charge in [-0.2, -0.15) is 0 Å². The van der Waals surface area contributed by atoms with Crippen molar-refractivity contribution in [3.05, 3.63) is 65.7 Å². The van der Waals surface area contributed by atoms with Crippen LogP contribution in [0.15, 0.2) is 54.6 Å². The first-order chi connectivity index (χ1) is 19.3. The molecule has 8 nitrogen and oxygen atoms in total. The lowest BCUT2D eigenvalue weighted by Crippen LogP contribution is -2.52. The van der Waals surface area contributed by atoms with Crippen LogP contribution in [0.3, 0.4) is 0 Å². The monoisotopic (exact) mass is 546 g/mol. The molecule has 3 aromatic rings. The Balaban J connectivity index is 1.26. The minimum atomic E-state index is -0.526. The Bertz CT molecular complexity index is 1340. The normalized spacial score (nSPS) is 16.2. The van der Waals surface area contributed by atoms with Crippen molar-refractivity contribution in [2.45, 2.75) is 51.5 Å². The summed E-state index contributed by atoms with van der Waals surface area (Å²) >= 11 is 0. The number of anilines is 1. The molecule has 0 unspecified atom stereocenters. The standard InChI is InChI=1S/C32H38N2O6/c1-21(2)34-13-11-32(12-14-34)39-20-25-18-24(9-10-27(25)40-32)23-7-6-8-26(19-23)33-30(35)17-22-15-28(36-3)31(38-5)29(16-22)37-4/h6-10,15-16,18-19,21H,11-14,17,20H2,1-5H3,(H,33,35). The fourth-order valence-corrected chi connectivity index (χ4v) is 5.44. The van der Waals surface area contributed by atoms with Crippen molar-refractivity contribution in [2.75, 3.05) is 39.7 Å². The largest absolute Gasteiger partial charge is 0.493 e. The Hall–Kier alpha value is -3.75. The van der Waals surface area contributed by atoms with Crippen LogP contribution >= 0.6 is 0 Å². The van der Waals surface area contributed by atoms with Crippen LogP contribution in [0.4, 0.5) is 5.69 Å². The van der Waals surface area contributed by atoms with Gasteiger partial charge in [0.1, 0.15) is 5.75 Å². The Kier molecular flexibility index (Phi) is 8.19. The summed E-state index contributed by atoms with van der Waals surface area (Å²) in [5.74, 6) is 1.74. The molecule has 2 heterocycles. The van der Waals surface area contributed by atoms with E-state index in [1.807, 2.05) is 30.3 Å². The van der Waals surface area contributed by atoms with Gasteiger partial charge in [0, 0.05) is 43.2 Å². The number of fused-ring (bicyclic) bond motifs is 1. The lowest BCUT2D eigenvalue weighted by molar-refractivity contribution is -0.229. The molecule has 3 aromatic carbocycles. The third kappa shape index (κ3) is 5.88. The van der Waals surface area contributed by atoms with Gasteiger partial charge in [0.2, 0.25) is 17.4 Å². The van der Waals surface area contributed by atoms with Crippen molar-refractivity contribution in [2.24, 2.45) is 0 Å². The molecule has 1 amide bonds. The smallest absolute Gasteiger partial charge is 0.228 e. The number of nitrogens with zero attached hydrogens (tertiary/aromatic N) is 1. The predicted octanol–water partition coefficient (Wildman–Crippen LogP) is 5.67. The molecule has 1 fully saturated rings. The zero-order valence-electron chi connectivity index (χ0n) is 23.9. The molecule has 8 heteroatoms. The van der Waals surface area contributed by atoms with Gasteiger partial charge in [0.15, 0.2) is 11.5 Å². The second kappa shape index (κ2) is 11.8. The Labute approximate surface area is 236 Å². The summed E-state index contributed by atoms with van der Waals surface area (Å²) in [6, 6.07) is 18.2. The minimum absolute atomic E-state index is 0.146. The molecule has 5 rings (SSSR count). The van der Waals surface area contributed by atoms with E-state index in [-0.39, 0.29) is 12.3 Å². The number of rotatable bonds is 8. The fraction of sp³-hybridized carbons (Fsp3) is 0.406. The lowest BCUT2D eigenvalue weighted by Gasteiger charge is -2.45. The molecule has 0 radical (unpaired) electrons. The maximum absolute atomic E-state index is 12.9. The van der Waals surface area contributed by atoms with E-state index in [1.54, 1.807) is 33.5 Å². The van der Waals surface area contributed by atoms with Crippen molar-refractivity contribution < 1.29 is 28.5 Å². The number of amides is 1. The molecule has 0 bridgehead atoms. The third-order valence-electron chi connectivity index (χ3n) is 7.71. The molecule has 0 aromatic heterocycles. The van der Waals surface area contributed by atoms with Crippen LogP contribution in [0, 0.1) is 0 Å². The van der Waals surface area contributed by atoms with E-state index in [2.05, 4.69) is 36.2 Å². The summed E-state index contributed by atoms with van der Waals surface area (Å²) in [7, 11) is 4.66. The van der Waals surface area contributed by atoms with Crippen LogP contribution in [0.5, 0.6) is 23.0 Å². The number of ether oxygens (including phenoxy) is 5. The number of methoxy groups -OCH3 is 3. The van der Waals surface area contributed by atoms with Crippen LogP contribution < -0.4 is 24.3 Å². The van der Waals surface area contributed by atoms with Gasteiger partial charge in [-0.15, -0.1) is 0 Å². The first-order valence-electron chi connectivity index (χ1n) is 13.7. The number of carbonyl (C=O) groups excluding carboxylic acids is 1. The van der Waals surface area contributed by atoms with E-state index in [0.717, 1.165) is 59.6 Å². The molecule has 2 aliphatic heterocycles. The summed E-state index contributed by atoms with van der Waals surface area (Å²) in [5, 5.41) is 3.01. The predicted molar refractivity (Wildman–Crippen MR) is 154 cm³/mol. The maximum atomic E-state index is 12.9. The van der Waals surface area contributed by atoms with Crippen molar-refractivity contribution in [1.29, 1.82) is 0 Å². The maximum Gasteiger partial charge on any atom is 0.228 e. The number of likely N-dealkylation sites (tertiary alicyclic amines) is 1. The van der Waals surface area contributed by atoms with Crippen LogP contribution in [0.1, 0.15) is 37.8 Å². The molecule has 212 valence electrons. The first-order valence-corrected chi connectivity index (χ1v) is 13.7. The van der Waals surface area contributed by atoms with Gasteiger partial charge in [0.25, 0.3) is 0 Å². The van der Waals surface area contributed by atoms with E-state index in [4.69, 9.17) is 23.7 Å². The van der Waals surface area contributed by atoms with E-state index < -0.39 is 5.79 Å². The highest BCUT2D eigenvalue weighted by Gasteiger charge is 2.41. The summed E-state index contributed by atoms with van der Waals surface area (Å²) in [5.41, 5.74) is 4.55. The molecule has 2 aliphatic rings. The van der Waals surface area contributed by atoms with Gasteiger partial charge in [-0.1, -0.05) is 18.2 Å². The van der Waals surface area contributed by atoms with E-state index in [1.165, 1.54) is 0 Å². The minimum Gasteiger partial charge on any atom is -0.493 e. The molecule has 1 N–H and O–H groups in total. The average molecular weight is 547 g/mol. The van der Waals surface area contributed by atoms with Crippen LogP contribution in [0.25, 0.3) is 11.1 Å². The number of benzene rings is 3. The number of carbonyl (C=O) groups is 1. The Morgan fingerprint density at radius 2 is 1.65 bits per heavy atom. The number of hydrogen-bond acceptors (Lipinski definition) is 7. The van der Waals surface area contributed by atoms with Gasteiger partial charge in [-0.05, 0) is 66.9 Å². The Morgan fingerprint density at radius 1 is 0.950 bits per heavy atom. The highest BCUT2D eigenvalue weighted by molar-refractivity contribution is 5.93. The summed E-state index contributed by atoms with van der Waals surface area (Å²) in [6.45, 7) is 6.93. The number of hydrogen-bond donors (Lipinski definition) is 1. The van der Waals surface area contributed by atoms with Gasteiger partial charge in [-0.3, -0.25) is 4.79 Å². The van der Waals surface area contributed by atoms with Gasteiger partial charge < -0.3 is 33.9 Å². The van der Waals surface area contributed by atoms with Gasteiger partial charge in [0.05, 0.1) is 34.4 Å². The molecule has 1 saturated heterocycles. The third-order valence-corrected chi connectivity index (χ3v) is 7.71. The summed E-state index contributed by atoms with van der Waals surface area (Å²) < 4.78 is 28.9. The first kappa shape index (κ1) is 27.8. The fourth-order valence-electron chi connectivity index (χ4n) is 5.44. The van der Waals surface area contributed by atoms with Crippen molar-refractivity contribution in [1.82, 2.24) is 4.90 Å². The number of nitrogens with one attached hydrogen (secondary N) is 1. The molecular formula is C32H38N2O6. The van der Waals surface area contributed by atoms with Crippen LogP contribution in [-0.4, -0.2) is 57.1 Å². The van der Waals surface area contributed by atoms with Crippen molar-refractivity contribution in [3.8, 4) is 34.1 Å². The van der Waals surface area contributed by atoms with Crippen molar-refractivity contribution >= 4 is 11.6 Å². The highest BCUT2D eigenvalue weighted by Crippen LogP contribution is 2.40. The highest BCUT2D eigenvalue weighted by atomic mass is 16.7. The quantitative estimate of drug-likeness (QED) is 0.390. The zero-order valence-corrected chi connectivity index (χ0v) is 23.9. The molecular weight excluding hydrogens is 508 g/mol. The lowest BCUT2D eigenvalue weighted by atomic mass is 9.98. The molecule has 0 saturated carbocycles. The van der Waals surface area contributed by atoms with E-state index in [9.17, 15) is 4.79 Å². The second-order valence-corrected chi connectivity index (χ2v) is 10.6. The van der Waals surface area contributed by atoms with E-state index >= 15 is 0 Å². The summed E-state index contributed by atoms with van der Waals surface area (Å²) in [4.78, 5) is 15.4. The average Bonchev–Trinajstić information content (AvgIpc) is 2.96. The molecule has 40 heavy (non-hydrogen) atoms. The SMILES string of the molecule is COc1cc(CC(=O)Nc2cccc(-c3ccc4c(c3)COC3(CCN(C(C)C)CC3)O4)c2)cc(OC)c1OC.